The number of hydrazine groups is 1. The molecule has 4 atom stereocenters. The van der Waals surface area contributed by atoms with Gasteiger partial charge >= 0.3 is 0 Å². The largest absolute Gasteiger partial charge is 0.381 e. The molecule has 0 amide bonds. The van der Waals surface area contributed by atoms with Gasteiger partial charge in [-0.25, -0.2) is 0 Å². The molecule has 0 aromatic rings. The molecule has 1 spiro atoms. The van der Waals surface area contributed by atoms with Crippen LogP contribution in [0.1, 0.15) is 44.9 Å². The number of fused-ring (bicyclic) bond motifs is 1. The van der Waals surface area contributed by atoms with Gasteiger partial charge in [0, 0.05) is 25.9 Å². The van der Waals surface area contributed by atoms with E-state index in [0.717, 1.165) is 50.4 Å². The second-order valence-corrected chi connectivity index (χ2v) is 7.43. The third kappa shape index (κ3) is 2.21. The molecule has 4 aliphatic rings. The molecule has 0 aromatic heterocycles. The maximum Gasteiger partial charge on any atom is 0.0729 e. The van der Waals surface area contributed by atoms with Gasteiger partial charge in [0.1, 0.15) is 0 Å². The Kier molecular flexibility index (Phi) is 3.53. The average molecular weight is 280 g/mol. The van der Waals surface area contributed by atoms with Gasteiger partial charge in [0.05, 0.1) is 5.60 Å². The van der Waals surface area contributed by atoms with Crippen molar-refractivity contribution in [1.82, 2.24) is 5.43 Å². The number of hydrogen-bond donors (Lipinski definition) is 2. The molecule has 4 nitrogen and oxygen atoms in total. The van der Waals surface area contributed by atoms with Crippen LogP contribution in [-0.4, -0.2) is 31.5 Å². The smallest absolute Gasteiger partial charge is 0.0729 e. The van der Waals surface area contributed by atoms with Gasteiger partial charge in [-0.05, 0) is 62.2 Å². The third-order valence-electron chi connectivity index (χ3n) is 6.52. The molecule has 4 rings (SSSR count). The molecule has 3 N–H and O–H groups in total. The van der Waals surface area contributed by atoms with E-state index in [9.17, 15) is 0 Å². The predicted octanol–water partition coefficient (Wildman–Crippen LogP) is 1.84. The zero-order valence-corrected chi connectivity index (χ0v) is 12.4. The summed E-state index contributed by atoms with van der Waals surface area (Å²) < 4.78 is 11.7. The molecule has 4 fully saturated rings. The lowest BCUT2D eigenvalue weighted by Crippen LogP contribution is -2.51. The summed E-state index contributed by atoms with van der Waals surface area (Å²) in [5, 5.41) is 0. The van der Waals surface area contributed by atoms with Gasteiger partial charge < -0.3 is 9.47 Å². The first kappa shape index (κ1) is 13.5. The third-order valence-corrected chi connectivity index (χ3v) is 6.52. The molecule has 4 heteroatoms. The van der Waals surface area contributed by atoms with E-state index in [1.54, 1.807) is 0 Å². The quantitative estimate of drug-likeness (QED) is 0.612. The molecule has 2 saturated heterocycles. The minimum absolute atomic E-state index is 0.0975. The van der Waals surface area contributed by atoms with Crippen molar-refractivity contribution in [3.8, 4) is 0 Å². The highest BCUT2D eigenvalue weighted by Crippen LogP contribution is 2.60. The number of nitrogens with one attached hydrogen (secondary N) is 1. The van der Waals surface area contributed by atoms with E-state index < -0.39 is 0 Å². The first-order chi connectivity index (χ1) is 9.83. The lowest BCUT2D eigenvalue weighted by Gasteiger charge is -2.45. The second-order valence-electron chi connectivity index (χ2n) is 7.43. The van der Waals surface area contributed by atoms with E-state index in [-0.39, 0.29) is 5.60 Å². The van der Waals surface area contributed by atoms with Crippen molar-refractivity contribution in [2.75, 3.05) is 19.8 Å². The normalized spacial score (nSPS) is 44.2. The van der Waals surface area contributed by atoms with Crippen LogP contribution in [-0.2, 0) is 9.47 Å². The van der Waals surface area contributed by atoms with Crippen molar-refractivity contribution in [3.05, 3.63) is 0 Å². The summed E-state index contributed by atoms with van der Waals surface area (Å²) in [6.07, 6.45) is 8.81. The summed E-state index contributed by atoms with van der Waals surface area (Å²) in [5.41, 5.74) is 3.29. The summed E-state index contributed by atoms with van der Waals surface area (Å²) in [7, 11) is 0. The highest BCUT2D eigenvalue weighted by molar-refractivity contribution is 5.08. The van der Waals surface area contributed by atoms with E-state index in [0.29, 0.717) is 12.0 Å². The maximum absolute atomic E-state index is 6.18. The summed E-state index contributed by atoms with van der Waals surface area (Å²) >= 11 is 0. The Bertz CT molecular complexity index is 341. The Morgan fingerprint density at radius 1 is 1.05 bits per heavy atom. The number of hydrogen-bond acceptors (Lipinski definition) is 4. The standard InChI is InChI=1S/C16H28N2O2/c17-18-15(14-12-2-1-3-13(12)14)11-4-7-20-16(10-11)5-8-19-9-6-16/h11-15,18H,1-10,17H2. The number of rotatable bonds is 3. The van der Waals surface area contributed by atoms with Gasteiger partial charge in [-0.1, -0.05) is 6.42 Å². The van der Waals surface area contributed by atoms with Crippen LogP contribution < -0.4 is 11.3 Å². The Morgan fingerprint density at radius 2 is 1.80 bits per heavy atom. The fourth-order valence-corrected chi connectivity index (χ4v) is 5.44. The van der Waals surface area contributed by atoms with Gasteiger partial charge in [-0.3, -0.25) is 11.3 Å². The molecule has 0 aromatic carbocycles. The first-order valence-corrected chi connectivity index (χ1v) is 8.51. The summed E-state index contributed by atoms with van der Waals surface area (Å²) in [4.78, 5) is 0. The van der Waals surface area contributed by atoms with Crippen molar-refractivity contribution < 1.29 is 9.47 Å². The monoisotopic (exact) mass is 280 g/mol. The van der Waals surface area contributed by atoms with Crippen LogP contribution in [0.15, 0.2) is 0 Å². The minimum atomic E-state index is 0.0975. The fourth-order valence-electron chi connectivity index (χ4n) is 5.44. The Balaban J connectivity index is 1.44. The van der Waals surface area contributed by atoms with Crippen LogP contribution in [0.2, 0.25) is 0 Å². The molecule has 2 saturated carbocycles. The van der Waals surface area contributed by atoms with Crippen LogP contribution >= 0.6 is 0 Å². The molecule has 2 aliphatic heterocycles. The molecule has 20 heavy (non-hydrogen) atoms. The Hall–Kier alpha value is -0.160. The molecule has 114 valence electrons. The Labute approximate surface area is 121 Å². The highest BCUT2D eigenvalue weighted by atomic mass is 16.5. The zero-order valence-electron chi connectivity index (χ0n) is 12.4. The van der Waals surface area contributed by atoms with Gasteiger partial charge in [0.25, 0.3) is 0 Å². The Morgan fingerprint density at radius 3 is 2.50 bits per heavy atom. The molecule has 2 aliphatic carbocycles. The average Bonchev–Trinajstić information content (AvgIpc) is 2.94. The minimum Gasteiger partial charge on any atom is -0.381 e. The van der Waals surface area contributed by atoms with Crippen molar-refractivity contribution in [1.29, 1.82) is 0 Å². The number of ether oxygens (including phenoxy) is 2. The molecule has 0 radical (unpaired) electrons. The number of nitrogens with two attached hydrogens (primary N) is 1. The molecular weight excluding hydrogens is 252 g/mol. The summed E-state index contributed by atoms with van der Waals surface area (Å²) in [5.74, 6) is 9.46. The SMILES string of the molecule is NNC(C1CCOC2(CCOCC2)C1)C1C2CCCC21. The topological polar surface area (TPSA) is 56.5 Å². The van der Waals surface area contributed by atoms with Crippen molar-refractivity contribution in [2.24, 2.45) is 29.5 Å². The van der Waals surface area contributed by atoms with E-state index in [4.69, 9.17) is 15.3 Å². The van der Waals surface area contributed by atoms with E-state index in [2.05, 4.69) is 5.43 Å². The molecular formula is C16H28N2O2. The second kappa shape index (κ2) is 5.24. The fraction of sp³-hybridized carbons (Fsp3) is 1.00. The lowest BCUT2D eigenvalue weighted by atomic mass is 9.76. The maximum atomic E-state index is 6.18. The molecule has 2 heterocycles. The van der Waals surface area contributed by atoms with Crippen LogP contribution in [0.4, 0.5) is 0 Å². The van der Waals surface area contributed by atoms with Gasteiger partial charge in [-0.15, -0.1) is 0 Å². The molecule has 4 unspecified atom stereocenters. The molecule has 0 bridgehead atoms. The summed E-state index contributed by atoms with van der Waals surface area (Å²) in [6.45, 7) is 2.63. The van der Waals surface area contributed by atoms with Gasteiger partial charge in [0.2, 0.25) is 0 Å². The van der Waals surface area contributed by atoms with Crippen LogP contribution in [0.3, 0.4) is 0 Å². The lowest BCUT2D eigenvalue weighted by molar-refractivity contribution is -0.151. The van der Waals surface area contributed by atoms with Crippen molar-refractivity contribution >= 4 is 0 Å². The van der Waals surface area contributed by atoms with Crippen molar-refractivity contribution in [3.63, 3.8) is 0 Å². The van der Waals surface area contributed by atoms with E-state index in [1.807, 2.05) is 0 Å². The first-order valence-electron chi connectivity index (χ1n) is 8.51. The van der Waals surface area contributed by atoms with E-state index in [1.165, 1.54) is 32.1 Å². The van der Waals surface area contributed by atoms with Crippen LogP contribution in [0.25, 0.3) is 0 Å². The van der Waals surface area contributed by atoms with Crippen LogP contribution in [0, 0.1) is 23.7 Å². The highest BCUT2D eigenvalue weighted by Gasteiger charge is 2.58. The zero-order chi connectivity index (χ0) is 13.6. The van der Waals surface area contributed by atoms with Crippen molar-refractivity contribution in [2.45, 2.75) is 56.6 Å². The predicted molar refractivity (Wildman–Crippen MR) is 76.9 cm³/mol. The van der Waals surface area contributed by atoms with E-state index >= 15 is 0 Å². The van der Waals surface area contributed by atoms with Crippen LogP contribution in [0.5, 0.6) is 0 Å². The summed E-state index contributed by atoms with van der Waals surface area (Å²) in [6, 6.07) is 0.522. The van der Waals surface area contributed by atoms with Gasteiger partial charge in [-0.2, -0.15) is 0 Å². The van der Waals surface area contributed by atoms with Gasteiger partial charge in [0.15, 0.2) is 0 Å².